The summed E-state index contributed by atoms with van der Waals surface area (Å²) in [5, 5.41) is 14.3. The Kier molecular flexibility index (Phi) is 6.89. The predicted molar refractivity (Wildman–Crippen MR) is 114 cm³/mol. The maximum absolute atomic E-state index is 12.9. The maximum atomic E-state index is 12.9. The highest BCUT2D eigenvalue weighted by atomic mass is 35.5. The number of nitro groups is 1. The predicted octanol–water partition coefficient (Wildman–Crippen LogP) is 4.70. The van der Waals surface area contributed by atoms with Gasteiger partial charge in [0.25, 0.3) is 11.6 Å². The molecule has 1 aliphatic rings. The summed E-state index contributed by atoms with van der Waals surface area (Å²) >= 11 is 5.98. The number of nitro benzene ring substituents is 1. The molecule has 30 heavy (non-hydrogen) atoms. The molecule has 0 saturated heterocycles. The van der Waals surface area contributed by atoms with Crippen molar-refractivity contribution in [3.8, 4) is 0 Å². The summed E-state index contributed by atoms with van der Waals surface area (Å²) in [4.78, 5) is 22.4. The molecule has 0 unspecified atom stereocenters. The van der Waals surface area contributed by atoms with Crippen molar-refractivity contribution in [2.24, 2.45) is 0 Å². The second-order valence-electron chi connectivity index (χ2n) is 6.99. The molecule has 1 amide bonds. The van der Waals surface area contributed by atoms with Gasteiger partial charge in [-0.05, 0) is 56.4 Å². The molecule has 7 nitrogen and oxygen atoms in total. The van der Waals surface area contributed by atoms with Crippen molar-refractivity contribution in [1.82, 2.24) is 5.32 Å². The van der Waals surface area contributed by atoms with Gasteiger partial charge in [0.05, 0.1) is 14.8 Å². The fourth-order valence-corrected chi connectivity index (χ4v) is 5.30. The Hall–Kier alpha value is -2.71. The van der Waals surface area contributed by atoms with E-state index in [4.69, 9.17) is 11.6 Å². The van der Waals surface area contributed by atoms with E-state index < -0.39 is 31.3 Å². The topological polar surface area (TPSA) is 106 Å². The Morgan fingerprint density at radius 2 is 1.90 bits per heavy atom. The molecule has 0 radical (unpaired) electrons. The molecule has 0 fully saturated rings. The van der Waals surface area contributed by atoms with Crippen LogP contribution in [0.3, 0.4) is 0 Å². The number of rotatable bonds is 7. The van der Waals surface area contributed by atoms with Crippen LogP contribution in [0.5, 0.6) is 0 Å². The van der Waals surface area contributed by atoms with E-state index in [1.165, 1.54) is 36.3 Å². The van der Waals surface area contributed by atoms with Gasteiger partial charge < -0.3 is 5.32 Å². The number of benzene rings is 2. The quantitative estimate of drug-likeness (QED) is 0.375. The van der Waals surface area contributed by atoms with Crippen molar-refractivity contribution >= 4 is 33.0 Å². The van der Waals surface area contributed by atoms with Gasteiger partial charge in [-0.15, -0.1) is 0 Å². The van der Waals surface area contributed by atoms with Crippen molar-refractivity contribution in [2.75, 3.05) is 6.54 Å². The molecule has 0 saturated carbocycles. The zero-order chi connectivity index (χ0) is 21.7. The van der Waals surface area contributed by atoms with Crippen molar-refractivity contribution in [2.45, 2.75) is 41.9 Å². The third kappa shape index (κ3) is 4.88. The molecule has 0 atom stereocenters. The maximum Gasteiger partial charge on any atom is 0.289 e. The van der Waals surface area contributed by atoms with E-state index in [1.54, 1.807) is 6.07 Å². The molecule has 0 heterocycles. The molecule has 0 aromatic heterocycles. The molecular weight excluding hydrogens is 428 g/mol. The van der Waals surface area contributed by atoms with Crippen LogP contribution in [-0.2, 0) is 9.84 Å². The van der Waals surface area contributed by atoms with E-state index in [9.17, 15) is 23.3 Å². The standard InChI is InChI=1S/C21H21ClN2O5S/c22-17-8-4-5-9-19(17)30(28,29)20-11-10-16(14-18(20)24(26)27)21(25)23-13-12-15-6-2-1-3-7-15/h4-6,8-11,14H,1-3,7,12-13H2,(H,23,25). The van der Waals surface area contributed by atoms with Crippen molar-refractivity contribution in [3.63, 3.8) is 0 Å². The molecule has 9 heteroatoms. The lowest BCUT2D eigenvalue weighted by atomic mass is 9.97. The Balaban J connectivity index is 1.83. The number of carbonyl (C=O) groups is 1. The van der Waals surface area contributed by atoms with Crippen LogP contribution < -0.4 is 5.32 Å². The fraction of sp³-hybridized carbons (Fsp3) is 0.286. The molecule has 2 aromatic rings. The average Bonchev–Trinajstić information content (AvgIpc) is 2.74. The first-order valence-electron chi connectivity index (χ1n) is 9.55. The first-order valence-corrected chi connectivity index (χ1v) is 11.4. The van der Waals surface area contributed by atoms with Crippen LogP contribution in [0.2, 0.25) is 5.02 Å². The molecule has 0 aliphatic heterocycles. The fourth-order valence-electron chi connectivity index (χ4n) is 3.38. The summed E-state index contributed by atoms with van der Waals surface area (Å²) in [6.07, 6.45) is 7.32. The monoisotopic (exact) mass is 448 g/mol. The molecule has 1 N–H and O–H groups in total. The molecule has 0 spiro atoms. The van der Waals surface area contributed by atoms with Gasteiger partial charge in [-0.3, -0.25) is 14.9 Å². The summed E-state index contributed by atoms with van der Waals surface area (Å²) in [7, 11) is -4.23. The third-order valence-corrected chi connectivity index (χ3v) is 7.25. The number of carbonyl (C=O) groups excluding carboxylic acids is 1. The largest absolute Gasteiger partial charge is 0.352 e. The van der Waals surface area contributed by atoms with Crippen LogP contribution in [0.15, 0.2) is 63.9 Å². The lowest BCUT2D eigenvalue weighted by molar-refractivity contribution is -0.387. The van der Waals surface area contributed by atoms with Crippen LogP contribution in [0.4, 0.5) is 5.69 Å². The number of halogens is 1. The number of nitrogens with zero attached hydrogens (tertiary/aromatic N) is 1. The van der Waals surface area contributed by atoms with E-state index in [2.05, 4.69) is 11.4 Å². The van der Waals surface area contributed by atoms with Crippen LogP contribution in [0, 0.1) is 10.1 Å². The highest BCUT2D eigenvalue weighted by molar-refractivity contribution is 7.91. The SMILES string of the molecule is O=C(NCCC1=CCCCC1)c1ccc(S(=O)(=O)c2ccccc2Cl)c([N+](=O)[O-])c1. The first-order chi connectivity index (χ1) is 14.3. The van der Waals surface area contributed by atoms with E-state index in [-0.39, 0.29) is 15.5 Å². The molecule has 2 aromatic carbocycles. The summed E-state index contributed by atoms with van der Waals surface area (Å²) in [5.41, 5.74) is 0.656. The lowest BCUT2D eigenvalue weighted by Gasteiger charge is -2.13. The molecule has 1 aliphatic carbocycles. The minimum absolute atomic E-state index is 0.0254. The van der Waals surface area contributed by atoms with Gasteiger partial charge in [-0.25, -0.2) is 8.42 Å². The summed E-state index contributed by atoms with van der Waals surface area (Å²) < 4.78 is 25.8. The molecule has 158 valence electrons. The summed E-state index contributed by atoms with van der Waals surface area (Å²) in [6.45, 7) is 0.415. The van der Waals surface area contributed by atoms with E-state index in [1.807, 2.05) is 0 Å². The van der Waals surface area contributed by atoms with Gasteiger partial charge in [0.2, 0.25) is 9.84 Å². The van der Waals surface area contributed by atoms with E-state index >= 15 is 0 Å². The number of allylic oxidation sites excluding steroid dienone is 1. The Bertz CT molecular complexity index is 1110. The van der Waals surface area contributed by atoms with Crippen LogP contribution in [0.1, 0.15) is 42.5 Å². The molecule has 0 bridgehead atoms. The van der Waals surface area contributed by atoms with Gasteiger partial charge in [0.1, 0.15) is 4.90 Å². The van der Waals surface area contributed by atoms with Gasteiger partial charge in [-0.2, -0.15) is 0 Å². The van der Waals surface area contributed by atoms with Crippen molar-refractivity contribution in [3.05, 3.63) is 74.8 Å². The Morgan fingerprint density at radius 3 is 2.57 bits per heavy atom. The number of nitrogens with one attached hydrogen (secondary N) is 1. The highest BCUT2D eigenvalue weighted by Gasteiger charge is 2.30. The number of amides is 1. The van der Waals surface area contributed by atoms with E-state index in [0.29, 0.717) is 6.54 Å². The Labute approximate surface area is 179 Å². The van der Waals surface area contributed by atoms with Gasteiger partial charge in [0.15, 0.2) is 0 Å². The minimum Gasteiger partial charge on any atom is -0.352 e. The number of sulfone groups is 1. The third-order valence-electron chi connectivity index (χ3n) is 4.95. The molecular formula is C21H21ClN2O5S. The summed E-state index contributed by atoms with van der Waals surface area (Å²) in [6, 6.07) is 9.05. The van der Waals surface area contributed by atoms with Crippen LogP contribution >= 0.6 is 11.6 Å². The van der Waals surface area contributed by atoms with Gasteiger partial charge in [-0.1, -0.05) is 35.4 Å². The highest BCUT2D eigenvalue weighted by Crippen LogP contribution is 2.33. The second-order valence-corrected chi connectivity index (χ2v) is 9.28. The number of hydrogen-bond donors (Lipinski definition) is 1. The van der Waals surface area contributed by atoms with Crippen LogP contribution in [-0.4, -0.2) is 25.8 Å². The Morgan fingerprint density at radius 1 is 1.13 bits per heavy atom. The zero-order valence-electron chi connectivity index (χ0n) is 16.1. The van der Waals surface area contributed by atoms with Crippen LogP contribution in [0.25, 0.3) is 0 Å². The minimum atomic E-state index is -4.23. The van der Waals surface area contributed by atoms with Gasteiger partial charge in [0, 0.05) is 18.2 Å². The van der Waals surface area contributed by atoms with Crippen molar-refractivity contribution in [1.29, 1.82) is 0 Å². The van der Waals surface area contributed by atoms with Gasteiger partial charge >= 0.3 is 0 Å². The average molecular weight is 449 g/mol. The van der Waals surface area contributed by atoms with E-state index in [0.717, 1.165) is 37.8 Å². The molecule has 3 rings (SSSR count). The normalized spacial score (nSPS) is 14.1. The smallest absolute Gasteiger partial charge is 0.289 e. The second kappa shape index (κ2) is 9.40. The summed E-state index contributed by atoms with van der Waals surface area (Å²) in [5.74, 6) is -0.490. The van der Waals surface area contributed by atoms with Crippen molar-refractivity contribution < 1.29 is 18.1 Å². The first kappa shape index (κ1) is 22.0. The number of hydrogen-bond acceptors (Lipinski definition) is 5. The zero-order valence-corrected chi connectivity index (χ0v) is 17.7. The lowest BCUT2D eigenvalue weighted by Crippen LogP contribution is -2.25.